The highest BCUT2D eigenvalue weighted by Gasteiger charge is 2.26. The predicted molar refractivity (Wildman–Crippen MR) is 125 cm³/mol. The van der Waals surface area contributed by atoms with E-state index in [9.17, 15) is 18.0 Å². The fourth-order valence-corrected chi connectivity index (χ4v) is 4.82. The second-order valence-corrected chi connectivity index (χ2v) is 9.33. The molecule has 1 fully saturated rings. The zero-order valence-electron chi connectivity index (χ0n) is 17.7. The van der Waals surface area contributed by atoms with E-state index in [2.05, 4.69) is 10.6 Å². The van der Waals surface area contributed by atoms with Crippen LogP contribution in [0.15, 0.2) is 83.8 Å². The Hall–Kier alpha value is -3.53. The maximum absolute atomic E-state index is 12.9. The number of anilines is 2. The first-order valence-corrected chi connectivity index (χ1v) is 11.8. The van der Waals surface area contributed by atoms with E-state index in [0.29, 0.717) is 30.2 Å². The highest BCUT2D eigenvalue weighted by atomic mass is 32.2. The Bertz CT molecular complexity index is 1240. The van der Waals surface area contributed by atoms with Crippen LogP contribution in [0.5, 0.6) is 0 Å². The van der Waals surface area contributed by atoms with Crippen molar-refractivity contribution in [1.82, 2.24) is 4.31 Å². The molecule has 33 heavy (non-hydrogen) atoms. The van der Waals surface area contributed by atoms with Gasteiger partial charge in [0.2, 0.25) is 10.0 Å². The molecule has 4 rings (SSSR count). The second kappa shape index (κ2) is 9.95. The van der Waals surface area contributed by atoms with Crippen molar-refractivity contribution in [2.45, 2.75) is 4.90 Å². The topological polar surface area (TPSA) is 105 Å². The maximum atomic E-state index is 12.9. The molecule has 9 heteroatoms. The lowest BCUT2D eigenvalue weighted by molar-refractivity contribution is 0.0730. The zero-order chi connectivity index (χ0) is 23.3. The van der Waals surface area contributed by atoms with Gasteiger partial charge in [-0.1, -0.05) is 24.3 Å². The molecule has 1 aliphatic rings. The first-order valence-electron chi connectivity index (χ1n) is 10.4. The standard InChI is InChI=1S/C24H23N3O5S/c28-23(18-5-2-1-3-6-18)25-20-9-11-21(12-10-20)26-24(29)19-7-4-8-22(17-19)33(30,31)27-13-15-32-16-14-27/h1-12,17H,13-16H2,(H,25,28)(H,26,29). The predicted octanol–water partition coefficient (Wildman–Crippen LogP) is 3.21. The molecule has 0 aliphatic carbocycles. The quantitative estimate of drug-likeness (QED) is 0.582. The molecule has 3 aromatic rings. The number of rotatable bonds is 6. The minimum atomic E-state index is -3.70. The molecule has 1 saturated heterocycles. The minimum absolute atomic E-state index is 0.0658. The van der Waals surface area contributed by atoms with Gasteiger partial charge in [0.1, 0.15) is 0 Å². The van der Waals surface area contributed by atoms with Gasteiger partial charge in [0, 0.05) is 35.6 Å². The zero-order valence-corrected chi connectivity index (χ0v) is 18.5. The SMILES string of the molecule is O=C(Nc1ccc(NC(=O)c2cccc(S(=O)(=O)N3CCOCC3)c2)cc1)c1ccccc1. The summed E-state index contributed by atoms with van der Waals surface area (Å²) < 4.78 is 32.3. The summed E-state index contributed by atoms with van der Waals surface area (Å²) in [7, 11) is -3.70. The van der Waals surface area contributed by atoms with E-state index in [-0.39, 0.29) is 29.5 Å². The fourth-order valence-electron chi connectivity index (χ4n) is 3.37. The Labute approximate surface area is 192 Å². The maximum Gasteiger partial charge on any atom is 0.255 e. The summed E-state index contributed by atoms with van der Waals surface area (Å²) in [4.78, 5) is 25.0. The lowest BCUT2D eigenvalue weighted by atomic mass is 10.2. The Morgan fingerprint density at radius 1 is 0.727 bits per heavy atom. The molecule has 0 spiro atoms. The minimum Gasteiger partial charge on any atom is -0.379 e. The van der Waals surface area contributed by atoms with Crippen molar-refractivity contribution in [3.63, 3.8) is 0 Å². The number of carbonyl (C=O) groups excluding carboxylic acids is 2. The first-order chi connectivity index (χ1) is 15.9. The Morgan fingerprint density at radius 2 is 1.27 bits per heavy atom. The van der Waals surface area contributed by atoms with Crippen molar-refractivity contribution in [3.05, 3.63) is 90.0 Å². The largest absolute Gasteiger partial charge is 0.379 e. The molecule has 0 atom stereocenters. The van der Waals surface area contributed by atoms with Crippen LogP contribution in [-0.2, 0) is 14.8 Å². The second-order valence-electron chi connectivity index (χ2n) is 7.40. The highest BCUT2D eigenvalue weighted by molar-refractivity contribution is 7.89. The number of nitrogens with one attached hydrogen (secondary N) is 2. The van der Waals surface area contributed by atoms with Crippen LogP contribution in [0.3, 0.4) is 0 Å². The number of benzene rings is 3. The Balaban J connectivity index is 1.42. The fraction of sp³-hybridized carbons (Fsp3) is 0.167. The summed E-state index contributed by atoms with van der Waals surface area (Å²) in [6.45, 7) is 1.26. The van der Waals surface area contributed by atoms with Crippen LogP contribution < -0.4 is 10.6 Å². The van der Waals surface area contributed by atoms with E-state index in [1.165, 1.54) is 16.4 Å². The van der Waals surface area contributed by atoms with Crippen LogP contribution in [0.4, 0.5) is 11.4 Å². The third-order valence-corrected chi connectivity index (χ3v) is 7.04. The molecule has 0 unspecified atom stereocenters. The number of amides is 2. The third-order valence-electron chi connectivity index (χ3n) is 5.14. The number of sulfonamides is 1. The highest BCUT2D eigenvalue weighted by Crippen LogP contribution is 2.20. The van der Waals surface area contributed by atoms with Gasteiger partial charge in [-0.15, -0.1) is 0 Å². The normalized spacial score (nSPS) is 14.4. The first kappa shape index (κ1) is 22.7. The number of hydrogen-bond donors (Lipinski definition) is 2. The molecule has 170 valence electrons. The number of carbonyl (C=O) groups is 2. The number of ether oxygens (including phenoxy) is 1. The van der Waals surface area contributed by atoms with Crippen LogP contribution in [0.1, 0.15) is 20.7 Å². The van der Waals surface area contributed by atoms with Gasteiger partial charge in [0.15, 0.2) is 0 Å². The summed E-state index contributed by atoms with van der Waals surface area (Å²) >= 11 is 0. The molecule has 0 saturated carbocycles. The van der Waals surface area contributed by atoms with E-state index < -0.39 is 15.9 Å². The third kappa shape index (κ3) is 5.46. The molecule has 1 heterocycles. The van der Waals surface area contributed by atoms with Crippen molar-refractivity contribution in [3.8, 4) is 0 Å². The Morgan fingerprint density at radius 3 is 1.88 bits per heavy atom. The van der Waals surface area contributed by atoms with Gasteiger partial charge in [-0.25, -0.2) is 8.42 Å². The van der Waals surface area contributed by atoms with E-state index in [1.807, 2.05) is 6.07 Å². The van der Waals surface area contributed by atoms with Gasteiger partial charge in [0.25, 0.3) is 11.8 Å². The lowest BCUT2D eigenvalue weighted by Gasteiger charge is -2.26. The molecule has 8 nitrogen and oxygen atoms in total. The number of hydrogen-bond acceptors (Lipinski definition) is 5. The van der Waals surface area contributed by atoms with Crippen LogP contribution in [0.25, 0.3) is 0 Å². The van der Waals surface area contributed by atoms with Crippen molar-refractivity contribution in [1.29, 1.82) is 0 Å². The molecule has 2 amide bonds. The van der Waals surface area contributed by atoms with Crippen molar-refractivity contribution in [2.24, 2.45) is 0 Å². The molecular formula is C24H23N3O5S. The molecule has 3 aromatic carbocycles. The summed E-state index contributed by atoms with van der Waals surface area (Å²) in [5.41, 5.74) is 1.87. The lowest BCUT2D eigenvalue weighted by Crippen LogP contribution is -2.40. The van der Waals surface area contributed by atoms with Crippen molar-refractivity contribution >= 4 is 33.2 Å². The van der Waals surface area contributed by atoms with Crippen molar-refractivity contribution < 1.29 is 22.7 Å². The Kier molecular flexibility index (Phi) is 6.83. The average molecular weight is 466 g/mol. The van der Waals surface area contributed by atoms with Gasteiger partial charge >= 0.3 is 0 Å². The number of morpholine rings is 1. The van der Waals surface area contributed by atoms with E-state index in [0.717, 1.165) is 0 Å². The summed E-state index contributed by atoms with van der Waals surface area (Å²) in [6, 6.07) is 21.5. The van der Waals surface area contributed by atoms with Crippen molar-refractivity contribution in [2.75, 3.05) is 36.9 Å². The van der Waals surface area contributed by atoms with Crippen LogP contribution >= 0.6 is 0 Å². The summed E-state index contributed by atoms with van der Waals surface area (Å²) in [5, 5.41) is 5.54. The smallest absolute Gasteiger partial charge is 0.255 e. The van der Waals surface area contributed by atoms with Gasteiger partial charge in [0.05, 0.1) is 18.1 Å². The van der Waals surface area contributed by atoms with Gasteiger partial charge in [-0.3, -0.25) is 9.59 Å². The molecule has 0 aromatic heterocycles. The van der Waals surface area contributed by atoms with E-state index in [4.69, 9.17) is 4.74 Å². The summed E-state index contributed by atoms with van der Waals surface area (Å²) in [6.07, 6.45) is 0. The monoisotopic (exact) mass is 465 g/mol. The van der Waals surface area contributed by atoms with Crippen LogP contribution in [-0.4, -0.2) is 50.8 Å². The summed E-state index contributed by atoms with van der Waals surface area (Å²) in [5.74, 6) is -0.666. The molecular weight excluding hydrogens is 442 g/mol. The number of nitrogens with zero attached hydrogens (tertiary/aromatic N) is 1. The van der Waals surface area contributed by atoms with Gasteiger partial charge in [-0.2, -0.15) is 4.31 Å². The molecule has 0 bridgehead atoms. The van der Waals surface area contributed by atoms with Crippen LogP contribution in [0.2, 0.25) is 0 Å². The molecule has 2 N–H and O–H groups in total. The van der Waals surface area contributed by atoms with Crippen LogP contribution in [0, 0.1) is 0 Å². The molecule has 0 radical (unpaired) electrons. The average Bonchev–Trinajstić information content (AvgIpc) is 2.86. The van der Waals surface area contributed by atoms with Gasteiger partial charge in [-0.05, 0) is 54.6 Å². The van der Waals surface area contributed by atoms with E-state index in [1.54, 1.807) is 60.7 Å². The van der Waals surface area contributed by atoms with Gasteiger partial charge < -0.3 is 15.4 Å². The van der Waals surface area contributed by atoms with E-state index >= 15 is 0 Å². The molecule has 1 aliphatic heterocycles.